The predicted octanol–water partition coefficient (Wildman–Crippen LogP) is 5.68. The molecule has 0 aromatic carbocycles. The molecule has 0 radical (unpaired) electrons. The highest BCUT2D eigenvalue weighted by Gasteiger charge is 1.93. The van der Waals surface area contributed by atoms with Gasteiger partial charge >= 0.3 is 6.16 Å². The molecule has 0 aliphatic heterocycles. The summed E-state index contributed by atoms with van der Waals surface area (Å²) in [5.41, 5.74) is 0. The van der Waals surface area contributed by atoms with Crippen molar-refractivity contribution in [1.82, 2.24) is 0 Å². The van der Waals surface area contributed by atoms with Crippen molar-refractivity contribution in [3.05, 3.63) is 0 Å². The van der Waals surface area contributed by atoms with E-state index in [9.17, 15) is 0 Å². The molecular formula is C17H36O4. The molecule has 0 amide bonds. The minimum absolute atomic E-state index is 0.373. The third kappa shape index (κ3) is 32.6. The molecule has 0 aliphatic carbocycles. The number of unbranched alkanes of at least 4 members (excludes halogenated alkanes) is 13. The molecule has 0 rings (SSSR count). The molecular weight excluding hydrogens is 268 g/mol. The first kappa shape index (κ1) is 22.5. The van der Waals surface area contributed by atoms with Gasteiger partial charge in [0, 0.05) is 6.61 Å². The van der Waals surface area contributed by atoms with E-state index in [1.165, 1.54) is 83.5 Å². The monoisotopic (exact) mass is 304 g/mol. The Morgan fingerprint density at radius 1 is 0.619 bits per heavy atom. The molecule has 0 saturated heterocycles. The van der Waals surface area contributed by atoms with Gasteiger partial charge in [-0.1, -0.05) is 90.4 Å². The topological polar surface area (TPSA) is 77.8 Å². The first-order chi connectivity index (χ1) is 10.1. The third-order valence-electron chi connectivity index (χ3n) is 3.51. The Kier molecular flexibility index (Phi) is 23.1. The quantitative estimate of drug-likeness (QED) is 0.361. The second-order valence-corrected chi connectivity index (χ2v) is 5.60. The van der Waals surface area contributed by atoms with Crippen LogP contribution in [0.4, 0.5) is 4.79 Å². The van der Waals surface area contributed by atoms with Gasteiger partial charge in [0.1, 0.15) is 0 Å². The first-order valence-electron chi connectivity index (χ1n) is 8.67. The SMILES string of the molecule is CCCCCCCCCCCCCCCCO.O=C(O)O. The van der Waals surface area contributed by atoms with Crippen LogP contribution in [0.3, 0.4) is 0 Å². The Balaban J connectivity index is 0. The molecule has 0 unspecified atom stereocenters. The molecule has 0 atom stereocenters. The Morgan fingerprint density at radius 2 is 0.857 bits per heavy atom. The van der Waals surface area contributed by atoms with Crippen molar-refractivity contribution in [1.29, 1.82) is 0 Å². The molecule has 0 saturated carbocycles. The average Bonchev–Trinajstić information content (AvgIpc) is 2.43. The number of rotatable bonds is 14. The van der Waals surface area contributed by atoms with E-state index in [1.807, 2.05) is 0 Å². The fourth-order valence-corrected chi connectivity index (χ4v) is 2.31. The van der Waals surface area contributed by atoms with Crippen LogP contribution in [0, 0.1) is 0 Å². The van der Waals surface area contributed by atoms with Gasteiger partial charge in [-0.05, 0) is 6.42 Å². The summed E-state index contributed by atoms with van der Waals surface area (Å²) in [6.45, 7) is 2.65. The van der Waals surface area contributed by atoms with E-state index in [4.69, 9.17) is 20.1 Å². The summed E-state index contributed by atoms with van der Waals surface area (Å²) >= 11 is 0. The van der Waals surface area contributed by atoms with E-state index >= 15 is 0 Å². The number of aliphatic hydroxyl groups excluding tert-OH is 1. The fourth-order valence-electron chi connectivity index (χ4n) is 2.31. The Labute approximate surface area is 130 Å². The standard InChI is InChI=1S/C16H34O.CH2O3/c1-2-3-4-5-6-7-8-9-10-11-12-13-14-15-16-17;2-1(3)4/h17H,2-16H2,1H3;(H2,2,3,4). The molecule has 0 spiro atoms. The molecule has 0 aromatic rings. The summed E-state index contributed by atoms with van der Waals surface area (Å²) in [6, 6.07) is 0. The van der Waals surface area contributed by atoms with Crippen molar-refractivity contribution >= 4 is 6.16 Å². The Morgan fingerprint density at radius 3 is 1.10 bits per heavy atom. The lowest BCUT2D eigenvalue weighted by Crippen LogP contribution is -1.84. The van der Waals surface area contributed by atoms with Crippen LogP contribution in [0.1, 0.15) is 96.8 Å². The van der Waals surface area contributed by atoms with Gasteiger partial charge in [0.15, 0.2) is 0 Å². The summed E-state index contributed by atoms with van der Waals surface area (Å²) in [4.78, 5) is 8.56. The minimum atomic E-state index is -1.83. The number of hydrogen-bond donors (Lipinski definition) is 3. The molecule has 128 valence electrons. The van der Waals surface area contributed by atoms with Gasteiger partial charge in [-0.25, -0.2) is 4.79 Å². The van der Waals surface area contributed by atoms with Gasteiger partial charge < -0.3 is 15.3 Å². The molecule has 4 heteroatoms. The molecule has 4 nitrogen and oxygen atoms in total. The summed E-state index contributed by atoms with van der Waals surface area (Å²) in [5.74, 6) is 0. The van der Waals surface area contributed by atoms with Crippen LogP contribution >= 0.6 is 0 Å². The minimum Gasteiger partial charge on any atom is -0.450 e. The predicted molar refractivity (Wildman–Crippen MR) is 88.1 cm³/mol. The molecule has 0 fully saturated rings. The Hall–Kier alpha value is -0.770. The van der Waals surface area contributed by atoms with Crippen LogP contribution in [0.15, 0.2) is 0 Å². The molecule has 0 aromatic heterocycles. The largest absolute Gasteiger partial charge is 0.503 e. The number of hydrogen-bond acceptors (Lipinski definition) is 2. The summed E-state index contributed by atoms with van der Waals surface area (Å²) < 4.78 is 0. The van der Waals surface area contributed by atoms with Crippen molar-refractivity contribution in [2.45, 2.75) is 96.8 Å². The van der Waals surface area contributed by atoms with Crippen LogP contribution in [-0.4, -0.2) is 28.1 Å². The van der Waals surface area contributed by atoms with Gasteiger partial charge in [-0.15, -0.1) is 0 Å². The maximum Gasteiger partial charge on any atom is 0.503 e. The molecule has 21 heavy (non-hydrogen) atoms. The van der Waals surface area contributed by atoms with Crippen molar-refractivity contribution in [3.63, 3.8) is 0 Å². The third-order valence-corrected chi connectivity index (χ3v) is 3.51. The van der Waals surface area contributed by atoms with Crippen LogP contribution in [-0.2, 0) is 0 Å². The zero-order valence-electron chi connectivity index (χ0n) is 13.9. The van der Waals surface area contributed by atoms with Gasteiger partial charge in [0.05, 0.1) is 0 Å². The Bertz CT molecular complexity index is 177. The normalized spacial score (nSPS) is 10.0. The van der Waals surface area contributed by atoms with Gasteiger partial charge in [0.2, 0.25) is 0 Å². The smallest absolute Gasteiger partial charge is 0.450 e. The highest BCUT2D eigenvalue weighted by molar-refractivity contribution is 5.53. The van der Waals surface area contributed by atoms with E-state index in [0.29, 0.717) is 6.61 Å². The lowest BCUT2D eigenvalue weighted by Gasteiger charge is -2.02. The number of carbonyl (C=O) groups is 1. The maximum absolute atomic E-state index is 8.64. The van der Waals surface area contributed by atoms with Crippen molar-refractivity contribution in [2.24, 2.45) is 0 Å². The highest BCUT2D eigenvalue weighted by Crippen LogP contribution is 2.12. The maximum atomic E-state index is 8.64. The van der Waals surface area contributed by atoms with Crippen molar-refractivity contribution < 1.29 is 20.1 Å². The van der Waals surface area contributed by atoms with E-state index in [2.05, 4.69) is 6.92 Å². The van der Waals surface area contributed by atoms with Crippen LogP contribution in [0.2, 0.25) is 0 Å². The molecule has 0 aliphatic rings. The van der Waals surface area contributed by atoms with E-state index in [1.54, 1.807) is 0 Å². The molecule has 0 heterocycles. The first-order valence-corrected chi connectivity index (χ1v) is 8.67. The van der Waals surface area contributed by atoms with Crippen molar-refractivity contribution in [3.8, 4) is 0 Å². The fraction of sp³-hybridized carbons (Fsp3) is 0.941. The molecule has 3 N–H and O–H groups in total. The van der Waals surface area contributed by atoms with Crippen LogP contribution < -0.4 is 0 Å². The highest BCUT2D eigenvalue weighted by atomic mass is 16.6. The van der Waals surface area contributed by atoms with Crippen LogP contribution in [0.25, 0.3) is 0 Å². The van der Waals surface area contributed by atoms with Gasteiger partial charge in [-0.2, -0.15) is 0 Å². The number of carboxylic acid groups (broad SMARTS) is 2. The average molecular weight is 304 g/mol. The number of aliphatic hydroxyl groups is 1. The van der Waals surface area contributed by atoms with Crippen molar-refractivity contribution in [2.75, 3.05) is 6.61 Å². The van der Waals surface area contributed by atoms with E-state index < -0.39 is 6.16 Å². The zero-order valence-corrected chi connectivity index (χ0v) is 13.9. The zero-order chi connectivity index (χ0) is 16.2. The lowest BCUT2D eigenvalue weighted by molar-refractivity contribution is 0.137. The molecule has 0 bridgehead atoms. The van der Waals surface area contributed by atoms with Gasteiger partial charge in [0.25, 0.3) is 0 Å². The van der Waals surface area contributed by atoms with Gasteiger partial charge in [-0.3, -0.25) is 0 Å². The van der Waals surface area contributed by atoms with E-state index in [0.717, 1.165) is 6.42 Å². The summed E-state index contributed by atoms with van der Waals surface area (Å²) in [7, 11) is 0. The van der Waals surface area contributed by atoms with Crippen LogP contribution in [0.5, 0.6) is 0 Å². The summed E-state index contributed by atoms with van der Waals surface area (Å²) in [6.07, 6.45) is 17.4. The van der Waals surface area contributed by atoms with E-state index in [-0.39, 0.29) is 0 Å². The summed E-state index contributed by atoms with van der Waals surface area (Å²) in [5, 5.41) is 22.6. The lowest BCUT2D eigenvalue weighted by atomic mass is 10.0. The second-order valence-electron chi connectivity index (χ2n) is 5.60. The second kappa shape index (κ2) is 21.5.